The molecule has 0 aliphatic heterocycles. The standard InChI is InChI=1S/C9H11N2S/c1-11(2)12-7-10-8-5-3-4-6-9(8)12/h3-7H,1-2H3/q+1. The van der Waals surface area contributed by atoms with Crippen LogP contribution in [0.4, 0.5) is 0 Å². The summed E-state index contributed by atoms with van der Waals surface area (Å²) in [6.45, 7) is 0. The highest BCUT2D eigenvalue weighted by atomic mass is 32.2. The number of hydrogen-bond acceptors (Lipinski definition) is 2. The molecule has 12 heavy (non-hydrogen) atoms. The van der Waals surface area contributed by atoms with E-state index in [4.69, 9.17) is 0 Å². The molecule has 62 valence electrons. The molecule has 0 bridgehead atoms. The van der Waals surface area contributed by atoms with E-state index < -0.39 is 0 Å². The van der Waals surface area contributed by atoms with E-state index in [1.807, 2.05) is 11.6 Å². The van der Waals surface area contributed by atoms with Crippen molar-refractivity contribution < 1.29 is 0 Å². The summed E-state index contributed by atoms with van der Waals surface area (Å²) < 4.78 is 3.53. The van der Waals surface area contributed by atoms with Crippen LogP contribution < -0.4 is 4.31 Å². The highest BCUT2D eigenvalue weighted by molar-refractivity contribution is 7.37. The molecule has 3 heteroatoms. The van der Waals surface area contributed by atoms with E-state index in [-0.39, 0.29) is 10.7 Å². The Morgan fingerprint density at radius 2 is 2.00 bits per heavy atom. The zero-order valence-corrected chi connectivity index (χ0v) is 8.01. The first kappa shape index (κ1) is 7.71. The van der Waals surface area contributed by atoms with Crippen molar-refractivity contribution in [2.45, 2.75) is 0 Å². The van der Waals surface area contributed by atoms with Gasteiger partial charge in [0, 0.05) is 20.2 Å². The zero-order chi connectivity index (χ0) is 8.55. The first-order valence-corrected chi connectivity index (χ1v) is 5.07. The van der Waals surface area contributed by atoms with Gasteiger partial charge in [0.05, 0.1) is 10.7 Å². The number of benzene rings is 1. The van der Waals surface area contributed by atoms with Crippen LogP contribution in [-0.4, -0.2) is 19.1 Å². The van der Waals surface area contributed by atoms with Crippen molar-refractivity contribution >= 4 is 20.9 Å². The summed E-state index contributed by atoms with van der Waals surface area (Å²) in [5.74, 6) is 0. The first-order chi connectivity index (χ1) is 5.79. The van der Waals surface area contributed by atoms with Gasteiger partial charge in [-0.1, -0.05) is 12.1 Å². The van der Waals surface area contributed by atoms with Crippen LogP contribution in [0.15, 0.2) is 29.8 Å². The lowest BCUT2D eigenvalue weighted by molar-refractivity contribution is 1.26. The van der Waals surface area contributed by atoms with E-state index in [0.717, 1.165) is 5.52 Å². The van der Waals surface area contributed by atoms with Gasteiger partial charge >= 0.3 is 0 Å². The Morgan fingerprint density at radius 1 is 1.25 bits per heavy atom. The Balaban J connectivity index is 2.70. The van der Waals surface area contributed by atoms with E-state index in [0.29, 0.717) is 0 Å². The third-order valence-electron chi connectivity index (χ3n) is 1.78. The van der Waals surface area contributed by atoms with Crippen LogP contribution in [0.1, 0.15) is 0 Å². The van der Waals surface area contributed by atoms with Gasteiger partial charge in [-0.3, -0.25) is 0 Å². The average molecular weight is 179 g/mol. The molecule has 0 fully saturated rings. The minimum atomic E-state index is 0.0877. The van der Waals surface area contributed by atoms with Gasteiger partial charge in [-0.2, -0.15) is 4.98 Å². The summed E-state index contributed by atoms with van der Waals surface area (Å²) >= 11 is 0. The van der Waals surface area contributed by atoms with Crippen LogP contribution in [-0.2, 0) is 0 Å². The van der Waals surface area contributed by atoms with Crippen molar-refractivity contribution in [1.29, 1.82) is 0 Å². The van der Waals surface area contributed by atoms with E-state index in [2.05, 4.69) is 41.6 Å². The zero-order valence-electron chi connectivity index (χ0n) is 7.19. The lowest BCUT2D eigenvalue weighted by Crippen LogP contribution is -2.05. The van der Waals surface area contributed by atoms with Crippen molar-refractivity contribution in [2.75, 3.05) is 18.4 Å². The van der Waals surface area contributed by atoms with E-state index in [9.17, 15) is 0 Å². The quantitative estimate of drug-likeness (QED) is 0.624. The molecule has 0 saturated carbocycles. The van der Waals surface area contributed by atoms with E-state index in [1.165, 1.54) is 4.70 Å². The van der Waals surface area contributed by atoms with Crippen LogP contribution >= 0.6 is 10.7 Å². The molecule has 0 amide bonds. The van der Waals surface area contributed by atoms with E-state index in [1.54, 1.807) is 0 Å². The van der Waals surface area contributed by atoms with Crippen molar-refractivity contribution in [3.63, 3.8) is 0 Å². The highest BCUT2D eigenvalue weighted by Gasteiger charge is 2.14. The summed E-state index contributed by atoms with van der Waals surface area (Å²) in [6.07, 6.45) is 0. The Hall–Kier alpha value is -0.930. The maximum absolute atomic E-state index is 4.35. The molecular formula is C9H11N2S+. The van der Waals surface area contributed by atoms with Gasteiger partial charge in [0.25, 0.3) is 5.51 Å². The van der Waals surface area contributed by atoms with Crippen LogP contribution in [0.3, 0.4) is 0 Å². The van der Waals surface area contributed by atoms with Gasteiger partial charge in [0.15, 0.2) is 0 Å². The SMILES string of the molecule is CN(C)[s+]1cnc2ccccc21. The fourth-order valence-electron chi connectivity index (χ4n) is 1.20. The van der Waals surface area contributed by atoms with Gasteiger partial charge in [-0.15, -0.1) is 4.31 Å². The Bertz CT molecular complexity index is 392. The first-order valence-electron chi connectivity index (χ1n) is 3.83. The third kappa shape index (κ3) is 1.11. The van der Waals surface area contributed by atoms with Crippen molar-refractivity contribution in [3.05, 3.63) is 29.8 Å². The number of fused-ring (bicyclic) bond motifs is 1. The predicted molar refractivity (Wildman–Crippen MR) is 54.3 cm³/mol. The third-order valence-corrected chi connectivity index (χ3v) is 3.66. The Kier molecular flexibility index (Phi) is 1.83. The van der Waals surface area contributed by atoms with E-state index >= 15 is 0 Å². The molecular weight excluding hydrogens is 168 g/mol. The summed E-state index contributed by atoms with van der Waals surface area (Å²) in [7, 11) is 4.25. The normalized spacial score (nSPS) is 12.8. The van der Waals surface area contributed by atoms with Crippen molar-refractivity contribution in [3.8, 4) is 0 Å². The summed E-state index contributed by atoms with van der Waals surface area (Å²) in [4.78, 5) is 4.35. The number of para-hydroxylation sites is 1. The smallest absolute Gasteiger partial charge is 0.198 e. The lowest BCUT2D eigenvalue weighted by Gasteiger charge is -1.95. The summed E-state index contributed by atoms with van der Waals surface area (Å²) in [5, 5.41) is 0. The fourth-order valence-corrected chi connectivity index (χ4v) is 2.66. The molecule has 1 atom stereocenters. The second-order valence-electron chi connectivity index (χ2n) is 2.83. The molecule has 2 nitrogen and oxygen atoms in total. The minimum absolute atomic E-state index is 0.0877. The molecule has 1 unspecified atom stereocenters. The van der Waals surface area contributed by atoms with Crippen LogP contribution in [0.25, 0.3) is 10.2 Å². The van der Waals surface area contributed by atoms with Gasteiger partial charge in [-0.25, -0.2) is 0 Å². The largest absolute Gasteiger partial charge is 0.252 e. The molecule has 1 heterocycles. The number of nitrogens with zero attached hydrogens (tertiary/aromatic N) is 2. The summed E-state index contributed by atoms with van der Waals surface area (Å²) in [5.41, 5.74) is 3.14. The predicted octanol–water partition coefficient (Wildman–Crippen LogP) is 2.18. The molecule has 0 saturated heterocycles. The van der Waals surface area contributed by atoms with Gasteiger partial charge in [0.1, 0.15) is 5.52 Å². The van der Waals surface area contributed by atoms with Crippen LogP contribution in [0.5, 0.6) is 0 Å². The minimum Gasteiger partial charge on any atom is -0.198 e. The Morgan fingerprint density at radius 3 is 2.75 bits per heavy atom. The van der Waals surface area contributed by atoms with Crippen LogP contribution in [0, 0.1) is 0 Å². The number of aromatic nitrogens is 1. The second-order valence-corrected chi connectivity index (χ2v) is 4.84. The number of hydrogen-bond donors (Lipinski definition) is 0. The number of thiazole rings is 1. The monoisotopic (exact) mass is 179 g/mol. The van der Waals surface area contributed by atoms with Crippen LogP contribution in [0.2, 0.25) is 0 Å². The molecule has 0 spiro atoms. The van der Waals surface area contributed by atoms with Crippen molar-refractivity contribution in [1.82, 2.24) is 4.98 Å². The molecule has 0 N–H and O–H groups in total. The van der Waals surface area contributed by atoms with Crippen molar-refractivity contribution in [2.24, 2.45) is 0 Å². The molecule has 2 aromatic rings. The summed E-state index contributed by atoms with van der Waals surface area (Å²) in [6, 6.07) is 8.30. The maximum Gasteiger partial charge on any atom is 0.252 e. The van der Waals surface area contributed by atoms with Gasteiger partial charge in [-0.05, 0) is 6.07 Å². The van der Waals surface area contributed by atoms with Gasteiger partial charge in [0.2, 0.25) is 4.70 Å². The molecule has 0 aliphatic rings. The number of rotatable bonds is 1. The average Bonchev–Trinajstić information content (AvgIpc) is 2.47. The molecule has 1 aromatic heterocycles. The highest BCUT2D eigenvalue weighted by Crippen LogP contribution is 2.28. The molecule has 0 aliphatic carbocycles. The fraction of sp³-hybridized carbons (Fsp3) is 0.222. The second kappa shape index (κ2) is 2.84. The Labute approximate surface area is 74.6 Å². The molecule has 0 radical (unpaired) electrons. The maximum atomic E-state index is 4.35. The van der Waals surface area contributed by atoms with Gasteiger partial charge < -0.3 is 0 Å². The molecule has 2 rings (SSSR count). The topological polar surface area (TPSA) is 16.1 Å². The lowest BCUT2D eigenvalue weighted by atomic mass is 10.3. The molecule has 1 aromatic carbocycles.